The highest BCUT2D eigenvalue weighted by Gasteiger charge is 2.34. The van der Waals surface area contributed by atoms with E-state index in [1.807, 2.05) is 49.4 Å². The number of amides is 2. The molecule has 0 bridgehead atoms. The number of methoxy groups -OCH3 is 1. The first-order valence-corrected chi connectivity index (χ1v) is 12.1. The lowest BCUT2D eigenvalue weighted by atomic mass is 9.95. The SMILES string of the molecule is CCOc1ccc([C@@H]2NC(=O)NC(CN3CCN(c4cc(Cl)ccc4C)CC3)=C2C(=O)OC)cc1. The molecular weight excluding hydrogens is 468 g/mol. The average Bonchev–Trinajstić information content (AvgIpc) is 2.86. The van der Waals surface area contributed by atoms with Crippen LogP contribution < -0.4 is 20.3 Å². The fourth-order valence-electron chi connectivity index (χ4n) is 4.56. The summed E-state index contributed by atoms with van der Waals surface area (Å²) in [5.41, 5.74) is 4.07. The van der Waals surface area contributed by atoms with Crippen LogP contribution in [0.15, 0.2) is 53.7 Å². The molecule has 186 valence electrons. The Kier molecular flexibility index (Phi) is 7.83. The number of benzene rings is 2. The van der Waals surface area contributed by atoms with Gasteiger partial charge in [-0.25, -0.2) is 9.59 Å². The summed E-state index contributed by atoms with van der Waals surface area (Å²) in [6.07, 6.45) is 0. The summed E-state index contributed by atoms with van der Waals surface area (Å²) in [6.45, 7) is 8.19. The smallest absolute Gasteiger partial charge is 0.338 e. The molecule has 4 rings (SSSR count). The van der Waals surface area contributed by atoms with Crippen LogP contribution in [0.3, 0.4) is 0 Å². The molecule has 0 aromatic heterocycles. The summed E-state index contributed by atoms with van der Waals surface area (Å²) in [5, 5.41) is 6.44. The van der Waals surface area contributed by atoms with E-state index in [0.717, 1.165) is 48.2 Å². The third-order valence-corrected chi connectivity index (χ3v) is 6.58. The molecule has 2 aliphatic rings. The van der Waals surface area contributed by atoms with Crippen LogP contribution in [0.25, 0.3) is 0 Å². The molecule has 0 spiro atoms. The zero-order valence-corrected chi connectivity index (χ0v) is 21.0. The van der Waals surface area contributed by atoms with E-state index in [2.05, 4.69) is 27.4 Å². The van der Waals surface area contributed by atoms with E-state index >= 15 is 0 Å². The Bertz CT molecular complexity index is 1110. The van der Waals surface area contributed by atoms with Crippen LogP contribution >= 0.6 is 11.6 Å². The zero-order valence-electron chi connectivity index (χ0n) is 20.3. The largest absolute Gasteiger partial charge is 0.494 e. The van der Waals surface area contributed by atoms with E-state index in [4.69, 9.17) is 21.1 Å². The Morgan fingerprint density at radius 2 is 1.83 bits per heavy atom. The molecule has 1 atom stereocenters. The average molecular weight is 499 g/mol. The molecule has 1 saturated heterocycles. The van der Waals surface area contributed by atoms with E-state index < -0.39 is 12.0 Å². The first-order chi connectivity index (χ1) is 16.9. The quantitative estimate of drug-likeness (QED) is 0.567. The van der Waals surface area contributed by atoms with E-state index in [9.17, 15) is 9.59 Å². The predicted octanol–water partition coefficient (Wildman–Crippen LogP) is 3.65. The molecule has 2 amide bonds. The standard InChI is InChI=1S/C26H31ClN4O4/c1-4-35-20-9-6-18(7-10-20)24-23(25(32)34-3)21(28-26(33)29-24)16-30-11-13-31(14-12-30)22-15-19(27)8-5-17(22)2/h5-10,15,24H,4,11-14,16H2,1-3H3,(H2,28,29,33)/t24-/m0/s1. The van der Waals surface area contributed by atoms with E-state index in [0.29, 0.717) is 24.4 Å². The second-order valence-electron chi connectivity index (χ2n) is 8.61. The van der Waals surface area contributed by atoms with Crippen LogP contribution in [0.1, 0.15) is 24.1 Å². The summed E-state index contributed by atoms with van der Waals surface area (Å²) in [4.78, 5) is 30.0. The molecule has 8 nitrogen and oxygen atoms in total. The van der Waals surface area contributed by atoms with Crippen LogP contribution in [-0.2, 0) is 9.53 Å². The lowest BCUT2D eigenvalue weighted by molar-refractivity contribution is -0.136. The third kappa shape index (κ3) is 5.71. The van der Waals surface area contributed by atoms with Crippen LogP contribution in [0.2, 0.25) is 5.02 Å². The number of hydrogen-bond acceptors (Lipinski definition) is 6. The van der Waals surface area contributed by atoms with Gasteiger partial charge in [-0.3, -0.25) is 4.90 Å². The number of nitrogens with zero attached hydrogens (tertiary/aromatic N) is 2. The van der Waals surface area contributed by atoms with Gasteiger partial charge in [-0.15, -0.1) is 0 Å². The minimum absolute atomic E-state index is 0.347. The molecule has 2 N–H and O–H groups in total. The predicted molar refractivity (Wildman–Crippen MR) is 136 cm³/mol. The Morgan fingerprint density at radius 1 is 1.11 bits per heavy atom. The highest BCUT2D eigenvalue weighted by atomic mass is 35.5. The van der Waals surface area contributed by atoms with Crippen molar-refractivity contribution in [2.24, 2.45) is 0 Å². The monoisotopic (exact) mass is 498 g/mol. The third-order valence-electron chi connectivity index (χ3n) is 6.35. The fraction of sp³-hybridized carbons (Fsp3) is 0.385. The molecule has 9 heteroatoms. The van der Waals surface area contributed by atoms with Crippen molar-refractivity contribution in [3.63, 3.8) is 0 Å². The maximum Gasteiger partial charge on any atom is 0.338 e. The Morgan fingerprint density at radius 3 is 2.49 bits per heavy atom. The van der Waals surface area contributed by atoms with Crippen molar-refractivity contribution < 1.29 is 19.1 Å². The molecule has 2 aromatic rings. The number of carbonyl (C=O) groups excluding carboxylic acids is 2. The van der Waals surface area contributed by atoms with Crippen molar-refractivity contribution in [1.29, 1.82) is 0 Å². The van der Waals surface area contributed by atoms with Gasteiger partial charge in [0.25, 0.3) is 0 Å². The van der Waals surface area contributed by atoms with E-state index in [1.165, 1.54) is 12.7 Å². The lowest BCUT2D eigenvalue weighted by Crippen LogP contribution is -2.51. The van der Waals surface area contributed by atoms with Gasteiger partial charge in [-0.2, -0.15) is 0 Å². The number of ether oxygens (including phenoxy) is 2. The molecule has 0 unspecified atom stereocenters. The van der Waals surface area contributed by atoms with Crippen LogP contribution in [-0.4, -0.2) is 63.3 Å². The van der Waals surface area contributed by atoms with Crippen molar-refractivity contribution in [3.05, 3.63) is 69.9 Å². The minimum atomic E-state index is -0.614. The highest BCUT2D eigenvalue weighted by molar-refractivity contribution is 6.30. The number of rotatable bonds is 7. The van der Waals surface area contributed by atoms with Crippen molar-refractivity contribution in [2.75, 3.05) is 51.3 Å². The molecular formula is C26H31ClN4O4. The summed E-state index contributed by atoms with van der Waals surface area (Å²) >= 11 is 6.22. The van der Waals surface area contributed by atoms with Crippen molar-refractivity contribution in [1.82, 2.24) is 15.5 Å². The summed E-state index contributed by atoms with van der Waals surface area (Å²) in [5.74, 6) is 0.257. The number of halogens is 1. The lowest BCUT2D eigenvalue weighted by Gasteiger charge is -2.38. The van der Waals surface area contributed by atoms with Crippen molar-refractivity contribution in [3.8, 4) is 5.75 Å². The first kappa shape index (κ1) is 24.9. The molecule has 35 heavy (non-hydrogen) atoms. The molecule has 1 fully saturated rings. The number of urea groups is 1. The fourth-order valence-corrected chi connectivity index (χ4v) is 4.73. The van der Waals surface area contributed by atoms with Gasteiger partial charge in [0.1, 0.15) is 5.75 Å². The number of nitrogens with one attached hydrogen (secondary N) is 2. The van der Waals surface area contributed by atoms with E-state index in [-0.39, 0.29) is 6.03 Å². The Hall–Kier alpha value is -3.23. The minimum Gasteiger partial charge on any atom is -0.494 e. The van der Waals surface area contributed by atoms with Gasteiger partial charge in [0, 0.05) is 49.1 Å². The van der Waals surface area contributed by atoms with Gasteiger partial charge in [-0.1, -0.05) is 29.8 Å². The topological polar surface area (TPSA) is 83.1 Å². The Balaban J connectivity index is 1.54. The molecule has 2 aliphatic heterocycles. The number of piperazine rings is 1. The van der Waals surface area contributed by atoms with Gasteiger partial charge in [0.15, 0.2) is 0 Å². The number of esters is 1. The van der Waals surface area contributed by atoms with E-state index in [1.54, 1.807) is 0 Å². The summed E-state index contributed by atoms with van der Waals surface area (Å²) in [6, 6.07) is 12.3. The van der Waals surface area contributed by atoms with Gasteiger partial charge < -0.3 is 25.0 Å². The van der Waals surface area contributed by atoms with Gasteiger partial charge >= 0.3 is 12.0 Å². The van der Waals surface area contributed by atoms with Gasteiger partial charge in [0.2, 0.25) is 0 Å². The zero-order chi connectivity index (χ0) is 24.9. The number of aryl methyl sites for hydroxylation is 1. The van der Waals surface area contributed by atoms with Crippen LogP contribution in [0.5, 0.6) is 5.75 Å². The molecule has 0 aliphatic carbocycles. The first-order valence-electron chi connectivity index (χ1n) is 11.7. The normalized spacial score (nSPS) is 18.7. The molecule has 2 heterocycles. The second kappa shape index (κ2) is 11.0. The maximum atomic E-state index is 12.8. The number of hydrogen-bond donors (Lipinski definition) is 2. The van der Waals surface area contributed by atoms with Crippen LogP contribution in [0.4, 0.5) is 10.5 Å². The number of anilines is 1. The van der Waals surface area contributed by atoms with Crippen molar-refractivity contribution in [2.45, 2.75) is 19.9 Å². The Labute approximate surface area is 210 Å². The number of carbonyl (C=O) groups is 2. The van der Waals surface area contributed by atoms with Gasteiger partial charge in [-0.05, 0) is 49.2 Å². The summed E-state index contributed by atoms with van der Waals surface area (Å²) < 4.78 is 10.6. The summed E-state index contributed by atoms with van der Waals surface area (Å²) in [7, 11) is 1.35. The highest BCUT2D eigenvalue weighted by Crippen LogP contribution is 2.30. The molecule has 0 saturated carbocycles. The maximum absolute atomic E-state index is 12.8. The van der Waals surface area contributed by atoms with Crippen LogP contribution in [0, 0.1) is 6.92 Å². The van der Waals surface area contributed by atoms with Gasteiger partial charge in [0.05, 0.1) is 25.3 Å². The second-order valence-corrected chi connectivity index (χ2v) is 9.05. The molecule has 2 aromatic carbocycles. The van der Waals surface area contributed by atoms with Crippen molar-refractivity contribution >= 4 is 29.3 Å². The molecule has 0 radical (unpaired) electrons.